The minimum absolute atomic E-state index is 0.107. The highest BCUT2D eigenvalue weighted by Gasteiger charge is 2.16. The van der Waals surface area contributed by atoms with Crippen molar-refractivity contribution >= 4 is 34.5 Å². The molecule has 0 aliphatic carbocycles. The summed E-state index contributed by atoms with van der Waals surface area (Å²) in [4.78, 5) is 17.5. The third-order valence-corrected chi connectivity index (χ3v) is 7.75. The van der Waals surface area contributed by atoms with E-state index in [4.69, 9.17) is 14.5 Å². The first-order valence-corrected chi connectivity index (χ1v) is 14.4. The van der Waals surface area contributed by atoms with E-state index in [1.54, 1.807) is 35.7 Å². The summed E-state index contributed by atoms with van der Waals surface area (Å²) in [6.45, 7) is 13.6. The number of ether oxygens (including phenoxy) is 2. The molecular weight excluding hydrogens is 500 g/mol. The van der Waals surface area contributed by atoms with Gasteiger partial charge in [-0.15, -0.1) is 23.5 Å². The van der Waals surface area contributed by atoms with Crippen LogP contribution in [0.3, 0.4) is 0 Å². The molecule has 1 unspecified atom stereocenters. The molecule has 0 aliphatic rings. The second kappa shape index (κ2) is 16.8. The van der Waals surface area contributed by atoms with E-state index in [1.165, 1.54) is 18.9 Å². The summed E-state index contributed by atoms with van der Waals surface area (Å²) >= 11 is 3.44. The lowest BCUT2D eigenvalue weighted by Gasteiger charge is -2.18. The average molecular weight is 542 g/mol. The third-order valence-electron chi connectivity index (χ3n) is 5.32. The highest BCUT2D eigenvalue weighted by molar-refractivity contribution is 8.15. The van der Waals surface area contributed by atoms with E-state index in [2.05, 4.69) is 19.9 Å². The van der Waals surface area contributed by atoms with E-state index in [9.17, 15) is 13.6 Å². The molecule has 0 saturated heterocycles. The Balaban J connectivity index is 2.97. The summed E-state index contributed by atoms with van der Waals surface area (Å²) in [5, 5.41) is 0.888. The molecule has 0 heterocycles. The van der Waals surface area contributed by atoms with E-state index in [1.807, 2.05) is 33.8 Å². The van der Waals surface area contributed by atoms with Gasteiger partial charge < -0.3 is 9.47 Å². The van der Waals surface area contributed by atoms with Gasteiger partial charge in [0, 0.05) is 33.9 Å². The van der Waals surface area contributed by atoms with Gasteiger partial charge in [-0.3, -0.25) is 4.99 Å². The molecular formula is C28H41F2NO3S2. The normalized spacial score (nSPS) is 13.7. The van der Waals surface area contributed by atoms with Crippen LogP contribution in [0.5, 0.6) is 5.75 Å². The van der Waals surface area contributed by atoms with Crippen LogP contribution in [-0.4, -0.2) is 48.7 Å². The minimum Gasteiger partial charge on any atom is -0.481 e. The van der Waals surface area contributed by atoms with Gasteiger partial charge in [0.25, 0.3) is 0 Å². The smallest absolute Gasteiger partial charge is 0.343 e. The van der Waals surface area contributed by atoms with Crippen LogP contribution in [0.1, 0.15) is 57.7 Å². The number of benzene rings is 1. The Morgan fingerprint density at radius 2 is 1.86 bits per heavy atom. The number of rotatable bonds is 14. The number of esters is 1. The molecule has 0 N–H and O–H groups in total. The molecule has 0 radical (unpaired) electrons. The summed E-state index contributed by atoms with van der Waals surface area (Å²) in [5.41, 5.74) is 4.15. The van der Waals surface area contributed by atoms with Gasteiger partial charge in [0.15, 0.2) is 6.61 Å². The topological polar surface area (TPSA) is 47.9 Å². The summed E-state index contributed by atoms with van der Waals surface area (Å²) in [5.74, 6) is 1.24. The number of hydrogen-bond donors (Lipinski definition) is 0. The standard InChI is InChI=1S/C28H41F2NO3S2/c1-9-11-22(13-12-19(5)27(29)30)28(31-18(3)4)36-15-14-35-24-16-20(6)26(23(10-2)21(24)7)34-17-25(32)33-8/h11-13,16,18-19,27H,9-10,14-15,17H2,1-8H3/b13-12-,22-11+,31-28?. The Morgan fingerprint density at radius 1 is 1.17 bits per heavy atom. The van der Waals surface area contributed by atoms with E-state index in [0.717, 1.165) is 57.4 Å². The predicted octanol–water partition coefficient (Wildman–Crippen LogP) is 7.84. The maximum absolute atomic E-state index is 13.0. The highest BCUT2D eigenvalue weighted by Crippen LogP contribution is 2.35. The summed E-state index contributed by atoms with van der Waals surface area (Å²) in [7, 11) is 1.35. The fraction of sp³-hybridized carbons (Fsp3) is 0.571. The van der Waals surface area contributed by atoms with E-state index >= 15 is 0 Å². The summed E-state index contributed by atoms with van der Waals surface area (Å²) in [6.07, 6.45) is 4.62. The maximum Gasteiger partial charge on any atom is 0.343 e. The van der Waals surface area contributed by atoms with Crippen molar-refractivity contribution < 1.29 is 23.0 Å². The van der Waals surface area contributed by atoms with Crippen molar-refractivity contribution in [3.8, 4) is 5.75 Å². The quantitative estimate of drug-likeness (QED) is 0.0599. The molecule has 1 atom stereocenters. The molecule has 0 amide bonds. The van der Waals surface area contributed by atoms with E-state index < -0.39 is 18.3 Å². The first-order chi connectivity index (χ1) is 17.0. The first kappa shape index (κ1) is 32.2. The molecule has 1 aromatic rings. The molecule has 0 bridgehead atoms. The van der Waals surface area contributed by atoms with Crippen LogP contribution in [0.15, 0.2) is 39.8 Å². The largest absolute Gasteiger partial charge is 0.481 e. The third kappa shape index (κ3) is 10.7. The number of halogens is 2. The molecule has 8 heteroatoms. The van der Waals surface area contributed by atoms with E-state index in [-0.39, 0.29) is 12.6 Å². The summed E-state index contributed by atoms with van der Waals surface area (Å²) < 4.78 is 36.4. The minimum atomic E-state index is -2.38. The Hall–Kier alpha value is -1.80. The highest BCUT2D eigenvalue weighted by atomic mass is 32.2. The van der Waals surface area contributed by atoms with Crippen molar-refractivity contribution in [1.82, 2.24) is 0 Å². The van der Waals surface area contributed by atoms with Crippen LogP contribution >= 0.6 is 23.5 Å². The van der Waals surface area contributed by atoms with Crippen molar-refractivity contribution in [2.75, 3.05) is 25.2 Å². The number of allylic oxidation sites excluding steroid dienone is 3. The summed E-state index contributed by atoms with van der Waals surface area (Å²) in [6, 6.07) is 2.21. The molecule has 1 rings (SSSR count). The second-order valence-electron chi connectivity index (χ2n) is 8.69. The van der Waals surface area contributed by atoms with Gasteiger partial charge in [-0.05, 0) is 63.3 Å². The Bertz CT molecular complexity index is 943. The molecule has 202 valence electrons. The molecule has 36 heavy (non-hydrogen) atoms. The number of aryl methyl sites for hydroxylation is 1. The molecule has 0 spiro atoms. The van der Waals surface area contributed by atoms with Crippen LogP contribution in [0.2, 0.25) is 0 Å². The van der Waals surface area contributed by atoms with Gasteiger partial charge in [0.2, 0.25) is 6.43 Å². The number of nitrogens with zero attached hydrogens (tertiary/aromatic N) is 1. The molecule has 1 aromatic carbocycles. The van der Waals surface area contributed by atoms with Crippen molar-refractivity contribution in [2.24, 2.45) is 10.9 Å². The van der Waals surface area contributed by atoms with Crippen LogP contribution in [0.25, 0.3) is 0 Å². The number of carbonyl (C=O) groups excluding carboxylic acids is 1. The zero-order valence-electron chi connectivity index (χ0n) is 22.8. The monoisotopic (exact) mass is 541 g/mol. The number of carbonyl (C=O) groups is 1. The van der Waals surface area contributed by atoms with Crippen molar-refractivity contribution in [3.05, 3.63) is 46.6 Å². The van der Waals surface area contributed by atoms with Crippen LogP contribution in [0, 0.1) is 19.8 Å². The number of hydrogen-bond acceptors (Lipinski definition) is 6. The van der Waals surface area contributed by atoms with Gasteiger partial charge in [0.1, 0.15) is 5.75 Å². The molecule has 0 saturated carbocycles. The second-order valence-corrected chi connectivity index (χ2v) is 10.9. The van der Waals surface area contributed by atoms with E-state index in [0.29, 0.717) is 0 Å². The van der Waals surface area contributed by atoms with Crippen LogP contribution in [-0.2, 0) is 16.0 Å². The zero-order valence-corrected chi connectivity index (χ0v) is 24.5. The van der Waals surface area contributed by atoms with Crippen molar-refractivity contribution in [1.29, 1.82) is 0 Å². The van der Waals surface area contributed by atoms with Gasteiger partial charge >= 0.3 is 5.97 Å². The van der Waals surface area contributed by atoms with Gasteiger partial charge in [-0.2, -0.15) is 0 Å². The molecule has 0 fully saturated rings. The first-order valence-electron chi connectivity index (χ1n) is 12.4. The average Bonchev–Trinajstić information content (AvgIpc) is 2.83. The number of aliphatic imine (C=N–C) groups is 1. The Kier molecular flexibility index (Phi) is 15.1. The van der Waals surface area contributed by atoms with Crippen molar-refractivity contribution in [2.45, 2.75) is 78.7 Å². The Labute approximate surface area is 224 Å². The predicted molar refractivity (Wildman–Crippen MR) is 151 cm³/mol. The van der Waals surface area contributed by atoms with Crippen LogP contribution in [0.4, 0.5) is 8.78 Å². The van der Waals surface area contributed by atoms with Gasteiger partial charge in [-0.25, -0.2) is 13.6 Å². The lowest BCUT2D eigenvalue weighted by Crippen LogP contribution is -2.14. The van der Waals surface area contributed by atoms with Crippen molar-refractivity contribution in [3.63, 3.8) is 0 Å². The fourth-order valence-electron chi connectivity index (χ4n) is 3.40. The van der Waals surface area contributed by atoms with Gasteiger partial charge in [0.05, 0.1) is 12.2 Å². The SMILES string of the molecule is CC/C=C(\C=C/C(C)C(F)F)C(=NC(C)C)SCCSc1cc(C)c(OCC(=O)OC)c(CC)c1C. The lowest BCUT2D eigenvalue weighted by atomic mass is 10.0. The fourth-order valence-corrected chi connectivity index (χ4v) is 5.68. The molecule has 4 nitrogen and oxygen atoms in total. The molecule has 0 aromatic heterocycles. The number of methoxy groups -OCH3 is 1. The number of thioether (sulfide) groups is 2. The number of alkyl halides is 2. The maximum atomic E-state index is 13.0. The lowest BCUT2D eigenvalue weighted by molar-refractivity contribution is -0.142. The zero-order chi connectivity index (χ0) is 27.3. The van der Waals surface area contributed by atoms with Crippen LogP contribution < -0.4 is 4.74 Å². The Morgan fingerprint density at radius 3 is 2.42 bits per heavy atom. The van der Waals surface area contributed by atoms with Gasteiger partial charge in [-0.1, -0.05) is 39.0 Å². The molecule has 0 aliphatic heterocycles.